The highest BCUT2D eigenvalue weighted by atomic mass is 32.2. The second-order valence-electron chi connectivity index (χ2n) is 5.93. The highest BCUT2D eigenvalue weighted by Crippen LogP contribution is 2.25. The summed E-state index contributed by atoms with van der Waals surface area (Å²) in [5, 5.41) is 12.3. The number of nitrogens with one attached hydrogen (secondary N) is 2. The molecule has 2 N–H and O–H groups in total. The molecule has 1 aromatic carbocycles. The minimum Gasteiger partial charge on any atom is -0.338 e. The highest BCUT2D eigenvalue weighted by Gasteiger charge is 2.18. The van der Waals surface area contributed by atoms with Crippen molar-refractivity contribution in [2.75, 3.05) is 5.32 Å². The lowest BCUT2D eigenvalue weighted by molar-refractivity contribution is -0.115. The van der Waals surface area contributed by atoms with Gasteiger partial charge in [0.15, 0.2) is 5.65 Å². The van der Waals surface area contributed by atoms with Crippen molar-refractivity contribution in [2.45, 2.75) is 24.3 Å². The number of amides is 1. The van der Waals surface area contributed by atoms with Gasteiger partial charge in [0.2, 0.25) is 11.1 Å². The van der Waals surface area contributed by atoms with Gasteiger partial charge in [-0.05, 0) is 37.6 Å². The molecule has 7 nitrogen and oxygen atoms in total. The van der Waals surface area contributed by atoms with Crippen molar-refractivity contribution >= 4 is 45.6 Å². The van der Waals surface area contributed by atoms with Crippen molar-refractivity contribution in [3.63, 3.8) is 0 Å². The summed E-state index contributed by atoms with van der Waals surface area (Å²) >= 11 is 1.26. The van der Waals surface area contributed by atoms with Crippen molar-refractivity contribution in [1.82, 2.24) is 25.1 Å². The predicted octanol–water partition coefficient (Wildman–Crippen LogP) is 3.33. The number of fused-ring (bicyclic) bond motifs is 3. The minimum absolute atomic E-state index is 0.159. The van der Waals surface area contributed by atoms with E-state index in [9.17, 15) is 4.79 Å². The second kappa shape index (κ2) is 6.72. The third-order valence-corrected chi connectivity index (χ3v) is 4.87. The summed E-state index contributed by atoms with van der Waals surface area (Å²) in [7, 11) is 0. The molecule has 0 aliphatic rings. The number of carbonyl (C=O) groups excluding carboxylic acids is 1. The largest absolute Gasteiger partial charge is 0.338 e. The zero-order valence-corrected chi connectivity index (χ0v) is 15.0. The van der Waals surface area contributed by atoms with Crippen LogP contribution in [0.25, 0.3) is 22.1 Å². The van der Waals surface area contributed by atoms with E-state index in [2.05, 4.69) is 30.5 Å². The summed E-state index contributed by atoms with van der Waals surface area (Å²) in [6.45, 7) is 3.75. The van der Waals surface area contributed by atoms with Gasteiger partial charge in [-0.1, -0.05) is 30.0 Å². The summed E-state index contributed by atoms with van der Waals surface area (Å²) < 4.78 is 0. The molecule has 3 aromatic heterocycles. The van der Waals surface area contributed by atoms with Crippen LogP contribution in [0.2, 0.25) is 0 Å². The smallest absolute Gasteiger partial charge is 0.238 e. The molecule has 0 bridgehead atoms. The van der Waals surface area contributed by atoms with E-state index in [0.29, 0.717) is 16.6 Å². The topological polar surface area (TPSA) is 96.5 Å². The van der Waals surface area contributed by atoms with Crippen molar-refractivity contribution in [1.29, 1.82) is 0 Å². The second-order valence-corrected chi connectivity index (χ2v) is 7.24. The van der Waals surface area contributed by atoms with E-state index in [1.807, 2.05) is 43.3 Å². The van der Waals surface area contributed by atoms with E-state index in [4.69, 9.17) is 0 Å². The standard InChI is InChI=1S/C18H16N6OS/c1-10-7-8-19-14(9-10)21-17(25)11(2)26-18-22-16-15(23-24-18)12-5-3-4-6-13(12)20-16/h3-9,11H,1-2H3,(H,19,21,25)(H,20,22,24). The number of nitrogens with zero attached hydrogens (tertiary/aromatic N) is 4. The zero-order valence-electron chi connectivity index (χ0n) is 14.2. The summed E-state index contributed by atoms with van der Waals surface area (Å²) in [6.07, 6.45) is 1.67. The van der Waals surface area contributed by atoms with E-state index < -0.39 is 0 Å². The van der Waals surface area contributed by atoms with Crippen LogP contribution >= 0.6 is 11.8 Å². The first-order valence-electron chi connectivity index (χ1n) is 8.11. The molecule has 0 aliphatic heterocycles. The first-order chi connectivity index (χ1) is 12.6. The molecule has 0 saturated heterocycles. The first-order valence-corrected chi connectivity index (χ1v) is 8.99. The number of hydrogen-bond donors (Lipinski definition) is 2. The first kappa shape index (κ1) is 16.5. The molecular formula is C18H16N6OS. The molecule has 26 heavy (non-hydrogen) atoms. The fourth-order valence-electron chi connectivity index (χ4n) is 2.60. The fourth-order valence-corrected chi connectivity index (χ4v) is 3.31. The quantitative estimate of drug-likeness (QED) is 0.539. The van der Waals surface area contributed by atoms with Crippen molar-refractivity contribution in [2.24, 2.45) is 0 Å². The van der Waals surface area contributed by atoms with Crippen LogP contribution in [0.4, 0.5) is 5.82 Å². The Kier molecular flexibility index (Phi) is 4.26. The van der Waals surface area contributed by atoms with E-state index in [0.717, 1.165) is 22.0 Å². The number of pyridine rings is 1. The van der Waals surface area contributed by atoms with Gasteiger partial charge in [0.05, 0.1) is 5.25 Å². The molecule has 0 fully saturated rings. The lowest BCUT2D eigenvalue weighted by Gasteiger charge is -2.10. The molecule has 1 amide bonds. The fraction of sp³-hybridized carbons (Fsp3) is 0.167. The van der Waals surface area contributed by atoms with Crippen LogP contribution in [0, 0.1) is 6.92 Å². The Morgan fingerprint density at radius 3 is 2.92 bits per heavy atom. The third-order valence-electron chi connectivity index (χ3n) is 3.92. The normalized spacial score (nSPS) is 12.4. The van der Waals surface area contributed by atoms with E-state index in [1.54, 1.807) is 13.1 Å². The monoisotopic (exact) mass is 364 g/mol. The number of para-hydroxylation sites is 1. The summed E-state index contributed by atoms with van der Waals surface area (Å²) in [5.41, 5.74) is 3.39. The van der Waals surface area contributed by atoms with Gasteiger partial charge in [-0.25, -0.2) is 9.97 Å². The van der Waals surface area contributed by atoms with Gasteiger partial charge in [-0.15, -0.1) is 10.2 Å². The highest BCUT2D eigenvalue weighted by molar-refractivity contribution is 8.00. The van der Waals surface area contributed by atoms with E-state index >= 15 is 0 Å². The molecule has 0 aliphatic carbocycles. The van der Waals surface area contributed by atoms with E-state index in [-0.39, 0.29) is 11.2 Å². The number of aromatic nitrogens is 5. The Hall–Kier alpha value is -3.00. The minimum atomic E-state index is -0.388. The van der Waals surface area contributed by atoms with Gasteiger partial charge >= 0.3 is 0 Å². The van der Waals surface area contributed by atoms with Crippen molar-refractivity contribution in [3.8, 4) is 0 Å². The van der Waals surface area contributed by atoms with E-state index in [1.165, 1.54) is 11.8 Å². The lowest BCUT2D eigenvalue weighted by atomic mass is 10.2. The molecular weight excluding hydrogens is 348 g/mol. The number of rotatable bonds is 4. The summed E-state index contributed by atoms with van der Waals surface area (Å²) in [5.74, 6) is 0.376. The number of thioether (sulfide) groups is 1. The number of benzene rings is 1. The Morgan fingerprint density at radius 2 is 2.08 bits per heavy atom. The number of aryl methyl sites for hydroxylation is 1. The van der Waals surface area contributed by atoms with Crippen molar-refractivity contribution in [3.05, 3.63) is 48.2 Å². The average Bonchev–Trinajstić information content (AvgIpc) is 2.99. The lowest BCUT2D eigenvalue weighted by Crippen LogP contribution is -2.23. The number of aromatic amines is 1. The van der Waals surface area contributed by atoms with Crippen LogP contribution < -0.4 is 5.32 Å². The van der Waals surface area contributed by atoms with Crippen LogP contribution in [0.5, 0.6) is 0 Å². The van der Waals surface area contributed by atoms with Gasteiger partial charge in [0.1, 0.15) is 11.3 Å². The summed E-state index contributed by atoms with van der Waals surface area (Å²) in [6, 6.07) is 11.5. The Labute approximate surface area is 153 Å². The maximum Gasteiger partial charge on any atom is 0.238 e. The van der Waals surface area contributed by atoms with Crippen LogP contribution in [0.3, 0.4) is 0 Å². The molecule has 4 aromatic rings. The SMILES string of the molecule is Cc1ccnc(NC(=O)C(C)Sc2nnc3c(n2)[nH]c2ccccc23)c1. The third kappa shape index (κ3) is 3.23. The molecule has 1 atom stereocenters. The maximum atomic E-state index is 12.4. The van der Waals surface area contributed by atoms with Gasteiger partial charge in [-0.2, -0.15) is 0 Å². The van der Waals surface area contributed by atoms with Gasteiger partial charge in [0, 0.05) is 17.1 Å². The van der Waals surface area contributed by atoms with Crippen molar-refractivity contribution < 1.29 is 4.79 Å². The molecule has 130 valence electrons. The van der Waals surface area contributed by atoms with Crippen LogP contribution in [0.15, 0.2) is 47.8 Å². The number of hydrogen-bond acceptors (Lipinski definition) is 6. The Balaban J connectivity index is 1.52. The molecule has 4 rings (SSSR count). The molecule has 1 unspecified atom stereocenters. The number of H-pyrrole nitrogens is 1. The average molecular weight is 364 g/mol. The molecule has 0 radical (unpaired) electrons. The number of anilines is 1. The van der Waals surface area contributed by atoms with Gasteiger partial charge in [0.25, 0.3) is 0 Å². The molecule has 0 spiro atoms. The zero-order chi connectivity index (χ0) is 18.1. The Morgan fingerprint density at radius 1 is 1.23 bits per heavy atom. The molecule has 8 heteroatoms. The van der Waals surface area contributed by atoms with Crippen LogP contribution in [0.1, 0.15) is 12.5 Å². The van der Waals surface area contributed by atoms with Gasteiger partial charge < -0.3 is 10.3 Å². The maximum absolute atomic E-state index is 12.4. The predicted molar refractivity (Wildman–Crippen MR) is 102 cm³/mol. The van der Waals surface area contributed by atoms with Crippen LogP contribution in [-0.2, 0) is 4.79 Å². The van der Waals surface area contributed by atoms with Crippen LogP contribution in [-0.4, -0.2) is 36.3 Å². The van der Waals surface area contributed by atoms with Gasteiger partial charge in [-0.3, -0.25) is 4.79 Å². The summed E-state index contributed by atoms with van der Waals surface area (Å²) in [4.78, 5) is 24.2. The Bertz CT molecular complexity index is 1110. The molecule has 3 heterocycles. The number of carbonyl (C=O) groups is 1. The molecule has 0 saturated carbocycles.